The van der Waals surface area contributed by atoms with Crippen LogP contribution in [-0.4, -0.2) is 5.91 Å². The van der Waals surface area contributed by atoms with Crippen molar-refractivity contribution in [1.29, 1.82) is 0 Å². The Bertz CT molecular complexity index is 615. The highest BCUT2D eigenvalue weighted by atomic mass is 16.3. The third-order valence-electron chi connectivity index (χ3n) is 3.15. The Kier molecular flexibility index (Phi) is 3.60. The summed E-state index contributed by atoms with van der Waals surface area (Å²) in [6.45, 7) is 5.94. The molecular formula is C15H18N2O2. The summed E-state index contributed by atoms with van der Waals surface area (Å²) >= 11 is 0. The molecule has 2 aromatic rings. The van der Waals surface area contributed by atoms with Crippen molar-refractivity contribution in [2.45, 2.75) is 27.2 Å². The van der Waals surface area contributed by atoms with E-state index in [0.717, 1.165) is 23.3 Å². The number of carbonyl (C=O) groups excluding carboxylic acids is 1. The molecule has 0 spiro atoms. The number of benzene rings is 1. The molecule has 2 rings (SSSR count). The standard InChI is InChI=1S/C15H18N2O2/c1-4-11-5-6-14(19-11)15(18)17-13-8-10(3)9(2)7-12(13)16/h5-8H,4,16H2,1-3H3,(H,17,18). The number of hydrogen-bond donors (Lipinski definition) is 2. The lowest BCUT2D eigenvalue weighted by atomic mass is 10.1. The largest absolute Gasteiger partial charge is 0.456 e. The van der Waals surface area contributed by atoms with Gasteiger partial charge in [0.25, 0.3) is 5.91 Å². The predicted molar refractivity (Wildman–Crippen MR) is 76.4 cm³/mol. The molecule has 19 heavy (non-hydrogen) atoms. The molecule has 0 saturated carbocycles. The lowest BCUT2D eigenvalue weighted by Crippen LogP contribution is -2.12. The van der Waals surface area contributed by atoms with Crippen LogP contribution in [0.4, 0.5) is 11.4 Å². The maximum Gasteiger partial charge on any atom is 0.291 e. The molecule has 0 fully saturated rings. The van der Waals surface area contributed by atoms with Crippen LogP contribution in [0.1, 0.15) is 34.4 Å². The van der Waals surface area contributed by atoms with Crippen LogP contribution in [0, 0.1) is 13.8 Å². The van der Waals surface area contributed by atoms with Crippen molar-refractivity contribution in [2.24, 2.45) is 0 Å². The zero-order chi connectivity index (χ0) is 14.0. The normalized spacial score (nSPS) is 10.5. The van der Waals surface area contributed by atoms with Gasteiger partial charge in [-0.1, -0.05) is 6.92 Å². The van der Waals surface area contributed by atoms with Gasteiger partial charge in [0, 0.05) is 6.42 Å². The second kappa shape index (κ2) is 5.18. The Hall–Kier alpha value is -2.23. The first-order valence-corrected chi connectivity index (χ1v) is 6.28. The van der Waals surface area contributed by atoms with Crippen LogP contribution in [0.5, 0.6) is 0 Å². The third kappa shape index (κ3) is 2.78. The fourth-order valence-electron chi connectivity index (χ4n) is 1.82. The zero-order valence-corrected chi connectivity index (χ0v) is 11.4. The molecular weight excluding hydrogens is 240 g/mol. The lowest BCUT2D eigenvalue weighted by molar-refractivity contribution is 0.0995. The molecule has 0 aliphatic heterocycles. The Morgan fingerprint density at radius 1 is 1.26 bits per heavy atom. The number of nitrogens with one attached hydrogen (secondary N) is 1. The number of aryl methyl sites for hydroxylation is 3. The van der Waals surface area contributed by atoms with Gasteiger partial charge in [-0.3, -0.25) is 4.79 Å². The van der Waals surface area contributed by atoms with Crippen molar-refractivity contribution < 1.29 is 9.21 Å². The average molecular weight is 258 g/mol. The number of rotatable bonds is 3. The number of carbonyl (C=O) groups is 1. The Morgan fingerprint density at radius 2 is 1.95 bits per heavy atom. The van der Waals surface area contributed by atoms with Gasteiger partial charge in [-0.2, -0.15) is 0 Å². The molecule has 4 nitrogen and oxygen atoms in total. The molecule has 0 bridgehead atoms. The van der Waals surface area contributed by atoms with E-state index in [0.29, 0.717) is 17.1 Å². The highest BCUT2D eigenvalue weighted by Gasteiger charge is 2.12. The summed E-state index contributed by atoms with van der Waals surface area (Å²) < 4.78 is 5.41. The summed E-state index contributed by atoms with van der Waals surface area (Å²) in [5.74, 6) is 0.808. The molecule has 1 amide bonds. The van der Waals surface area contributed by atoms with E-state index < -0.39 is 0 Å². The summed E-state index contributed by atoms with van der Waals surface area (Å²) in [6.07, 6.45) is 0.763. The molecule has 1 aromatic heterocycles. The van der Waals surface area contributed by atoms with Gasteiger partial charge >= 0.3 is 0 Å². The van der Waals surface area contributed by atoms with E-state index in [-0.39, 0.29) is 5.91 Å². The molecule has 0 aliphatic rings. The topological polar surface area (TPSA) is 68.3 Å². The van der Waals surface area contributed by atoms with Gasteiger partial charge < -0.3 is 15.5 Å². The minimum atomic E-state index is -0.283. The van der Waals surface area contributed by atoms with Gasteiger partial charge in [0.05, 0.1) is 11.4 Å². The third-order valence-corrected chi connectivity index (χ3v) is 3.15. The maximum atomic E-state index is 12.0. The minimum Gasteiger partial charge on any atom is -0.456 e. The number of nitrogens with two attached hydrogens (primary N) is 1. The van der Waals surface area contributed by atoms with E-state index in [4.69, 9.17) is 10.2 Å². The number of nitrogen functional groups attached to an aromatic ring is 1. The second-order valence-corrected chi connectivity index (χ2v) is 4.60. The Labute approximate surface area is 112 Å². The van der Waals surface area contributed by atoms with Gasteiger partial charge in [-0.25, -0.2) is 0 Å². The smallest absolute Gasteiger partial charge is 0.291 e. The first-order chi connectivity index (χ1) is 9.01. The first-order valence-electron chi connectivity index (χ1n) is 6.28. The van der Waals surface area contributed by atoms with Crippen LogP contribution < -0.4 is 11.1 Å². The number of hydrogen-bond acceptors (Lipinski definition) is 3. The molecule has 100 valence electrons. The van der Waals surface area contributed by atoms with Crippen LogP contribution in [0.2, 0.25) is 0 Å². The number of anilines is 2. The van der Waals surface area contributed by atoms with Crippen molar-refractivity contribution in [3.63, 3.8) is 0 Å². The highest BCUT2D eigenvalue weighted by molar-refractivity contribution is 6.04. The van der Waals surface area contributed by atoms with Crippen LogP contribution in [-0.2, 0) is 6.42 Å². The van der Waals surface area contributed by atoms with Crippen molar-refractivity contribution in [1.82, 2.24) is 0 Å². The quantitative estimate of drug-likeness (QED) is 0.830. The first kappa shape index (κ1) is 13.2. The monoisotopic (exact) mass is 258 g/mol. The van der Waals surface area contributed by atoms with Crippen molar-refractivity contribution in [2.75, 3.05) is 11.1 Å². The molecule has 0 atom stereocenters. The number of furan rings is 1. The second-order valence-electron chi connectivity index (χ2n) is 4.60. The van der Waals surface area contributed by atoms with E-state index >= 15 is 0 Å². The highest BCUT2D eigenvalue weighted by Crippen LogP contribution is 2.23. The Balaban J connectivity index is 2.21. The van der Waals surface area contributed by atoms with E-state index in [1.165, 1.54) is 0 Å². The summed E-state index contributed by atoms with van der Waals surface area (Å²) in [6, 6.07) is 7.20. The SMILES string of the molecule is CCc1ccc(C(=O)Nc2cc(C)c(C)cc2N)o1. The predicted octanol–water partition coefficient (Wildman–Crippen LogP) is 3.29. The van der Waals surface area contributed by atoms with Gasteiger partial charge in [0.1, 0.15) is 5.76 Å². The van der Waals surface area contributed by atoms with Crippen LogP contribution in [0.25, 0.3) is 0 Å². The molecule has 3 N–H and O–H groups in total. The molecule has 0 saturated heterocycles. The maximum absolute atomic E-state index is 12.0. The summed E-state index contributed by atoms with van der Waals surface area (Å²) in [5.41, 5.74) is 9.25. The van der Waals surface area contributed by atoms with Crippen molar-refractivity contribution in [3.05, 3.63) is 46.9 Å². The van der Waals surface area contributed by atoms with Crippen LogP contribution in [0.15, 0.2) is 28.7 Å². The summed E-state index contributed by atoms with van der Waals surface area (Å²) in [7, 11) is 0. The van der Waals surface area contributed by atoms with E-state index in [1.807, 2.05) is 32.9 Å². The van der Waals surface area contributed by atoms with Gasteiger partial charge in [-0.05, 0) is 49.2 Å². The van der Waals surface area contributed by atoms with E-state index in [2.05, 4.69) is 5.32 Å². The lowest BCUT2D eigenvalue weighted by Gasteiger charge is -2.10. The minimum absolute atomic E-state index is 0.283. The molecule has 1 heterocycles. The van der Waals surface area contributed by atoms with E-state index in [1.54, 1.807) is 12.1 Å². The molecule has 4 heteroatoms. The molecule has 0 unspecified atom stereocenters. The molecule has 1 aromatic carbocycles. The molecule has 0 radical (unpaired) electrons. The van der Waals surface area contributed by atoms with Crippen molar-refractivity contribution in [3.8, 4) is 0 Å². The molecule has 0 aliphatic carbocycles. The van der Waals surface area contributed by atoms with Crippen LogP contribution in [0.3, 0.4) is 0 Å². The zero-order valence-electron chi connectivity index (χ0n) is 11.4. The fraction of sp³-hybridized carbons (Fsp3) is 0.267. The van der Waals surface area contributed by atoms with Crippen LogP contribution >= 0.6 is 0 Å². The fourth-order valence-corrected chi connectivity index (χ4v) is 1.82. The van der Waals surface area contributed by atoms with Gasteiger partial charge in [0.15, 0.2) is 5.76 Å². The summed E-state index contributed by atoms with van der Waals surface area (Å²) in [5, 5.41) is 2.77. The summed E-state index contributed by atoms with van der Waals surface area (Å²) in [4.78, 5) is 12.0. The van der Waals surface area contributed by atoms with Gasteiger partial charge in [-0.15, -0.1) is 0 Å². The number of amides is 1. The van der Waals surface area contributed by atoms with Crippen molar-refractivity contribution >= 4 is 17.3 Å². The average Bonchev–Trinajstić information content (AvgIpc) is 2.84. The van der Waals surface area contributed by atoms with Gasteiger partial charge in [0.2, 0.25) is 0 Å². The Morgan fingerprint density at radius 3 is 2.58 bits per heavy atom. The van der Waals surface area contributed by atoms with E-state index in [9.17, 15) is 4.79 Å².